The molecule has 1 aromatic rings. The molecule has 11 heteroatoms. The molecule has 6 radical (unpaired) electrons. The summed E-state index contributed by atoms with van der Waals surface area (Å²) in [5.74, 6) is 1.26. The second-order valence-corrected chi connectivity index (χ2v) is 11.2. The third-order valence-corrected chi connectivity index (χ3v) is 7.18. The van der Waals surface area contributed by atoms with Crippen LogP contribution in [-0.2, 0) is 20.2 Å². The van der Waals surface area contributed by atoms with Crippen molar-refractivity contribution in [3.05, 3.63) is 35.1 Å². The highest BCUT2D eigenvalue weighted by atomic mass is 32.2. The van der Waals surface area contributed by atoms with E-state index in [4.69, 9.17) is 34.7 Å². The summed E-state index contributed by atoms with van der Waals surface area (Å²) in [6, 6.07) is 3.94. The van der Waals surface area contributed by atoms with Crippen LogP contribution in [0.2, 0.25) is 0 Å². The number of terminal acetylenes is 1. The lowest BCUT2D eigenvalue weighted by Gasteiger charge is -2.33. The van der Waals surface area contributed by atoms with Gasteiger partial charge in [-0.15, -0.1) is 6.42 Å². The normalized spacial score (nSPS) is 14.8. The second-order valence-electron chi connectivity index (χ2n) is 8.42. The van der Waals surface area contributed by atoms with Gasteiger partial charge in [0.15, 0.2) is 0 Å². The average molecular weight is 439 g/mol. The minimum atomic E-state index is -3.59. The second kappa shape index (κ2) is 9.52. The lowest BCUT2D eigenvalue weighted by Crippen LogP contribution is -2.52. The molecule has 6 nitrogen and oxygen atoms in total. The quantitative estimate of drug-likeness (QED) is 0.331. The third kappa shape index (κ3) is 7.46. The van der Waals surface area contributed by atoms with E-state index in [0.29, 0.717) is 5.56 Å². The van der Waals surface area contributed by atoms with Crippen molar-refractivity contribution in [1.29, 1.82) is 0 Å². The van der Waals surface area contributed by atoms with Crippen molar-refractivity contribution in [2.24, 2.45) is 9.36 Å². The molecule has 0 aliphatic heterocycles. The Balaban J connectivity index is 3.56. The predicted molar refractivity (Wildman–Crippen MR) is 125 cm³/mol. The van der Waals surface area contributed by atoms with E-state index in [-0.39, 0.29) is 11.4 Å². The summed E-state index contributed by atoms with van der Waals surface area (Å²) in [7, 11) is 14.7. The largest absolute Gasteiger partial charge is 0.444 e. The van der Waals surface area contributed by atoms with Crippen LogP contribution in [0.15, 0.2) is 27.6 Å². The Morgan fingerprint density at radius 3 is 2.29 bits per heavy atom. The van der Waals surface area contributed by atoms with Gasteiger partial charge in [-0.1, -0.05) is 5.92 Å². The lowest BCUT2D eigenvalue weighted by molar-refractivity contribution is 0.0561. The summed E-state index contributed by atoms with van der Waals surface area (Å²) in [5, 5.41) is 0.284. The molecule has 0 aliphatic rings. The number of ether oxygens (including phenoxy) is 1. The van der Waals surface area contributed by atoms with Crippen LogP contribution in [0.3, 0.4) is 0 Å². The first-order valence-corrected chi connectivity index (χ1v) is 11.0. The number of amidine groups is 1. The molecule has 1 rings (SSSR count). The van der Waals surface area contributed by atoms with Crippen molar-refractivity contribution in [3.63, 3.8) is 0 Å². The maximum atomic E-state index is 14.5. The zero-order valence-electron chi connectivity index (χ0n) is 18.7. The summed E-state index contributed by atoms with van der Waals surface area (Å²) in [4.78, 5) is 16.3. The lowest BCUT2D eigenvalue weighted by atomic mass is 9.50. The van der Waals surface area contributed by atoms with Crippen LogP contribution in [0.1, 0.15) is 45.7 Å². The van der Waals surface area contributed by atoms with Gasteiger partial charge in [0.2, 0.25) is 0 Å². The predicted octanol–water partition coefficient (Wildman–Crippen LogP) is 2.22. The van der Waals surface area contributed by atoms with Gasteiger partial charge in [-0.25, -0.2) is 13.4 Å². The number of amides is 1. The summed E-state index contributed by atoms with van der Waals surface area (Å²) >= 11 is 0. The molecule has 31 heavy (non-hydrogen) atoms. The summed E-state index contributed by atoms with van der Waals surface area (Å²) in [6.07, 6.45) is 4.57. The van der Waals surface area contributed by atoms with Gasteiger partial charge in [0.25, 0.3) is 0 Å². The smallest absolute Gasteiger partial charge is 0.413 e. The number of halogens is 1. The van der Waals surface area contributed by atoms with Gasteiger partial charge < -0.3 is 4.74 Å². The maximum absolute atomic E-state index is 14.5. The molecule has 0 spiro atoms. The zero-order valence-corrected chi connectivity index (χ0v) is 19.5. The van der Waals surface area contributed by atoms with Crippen LogP contribution in [0, 0.1) is 18.2 Å². The van der Waals surface area contributed by atoms with Crippen LogP contribution >= 0.6 is 0 Å². The number of carbonyl (C=O) groups is 1. The third-order valence-electron chi connectivity index (χ3n) is 4.08. The molecule has 1 aromatic carbocycles. The van der Waals surface area contributed by atoms with Crippen LogP contribution in [0.4, 0.5) is 9.18 Å². The number of hydrogen-bond acceptors (Lipinski definition) is 5. The Kier molecular flexibility index (Phi) is 8.24. The van der Waals surface area contributed by atoms with Gasteiger partial charge in [0.1, 0.15) is 22.0 Å². The molecule has 1 amide bonds. The number of nitrogens with one attached hydrogen (secondary N) is 1. The van der Waals surface area contributed by atoms with E-state index in [1.54, 1.807) is 20.8 Å². The van der Waals surface area contributed by atoms with E-state index in [2.05, 4.69) is 20.6 Å². The summed E-state index contributed by atoms with van der Waals surface area (Å²) < 4.78 is 36.3. The van der Waals surface area contributed by atoms with E-state index in [1.165, 1.54) is 33.0 Å². The fourth-order valence-electron chi connectivity index (χ4n) is 2.60. The Hall–Kier alpha value is -2.21. The molecule has 1 unspecified atom stereocenters. The highest BCUT2D eigenvalue weighted by Gasteiger charge is 2.40. The molecular formula is C20H25B3FN3O3S. The molecular weight excluding hydrogens is 414 g/mol. The average Bonchev–Trinajstić information content (AvgIpc) is 2.58. The molecule has 0 heterocycles. The van der Waals surface area contributed by atoms with Gasteiger partial charge in [0, 0.05) is 18.2 Å². The fourth-order valence-corrected chi connectivity index (χ4v) is 4.85. The van der Waals surface area contributed by atoms with Gasteiger partial charge in [-0.05, 0) is 58.1 Å². The number of aliphatic imine (C=N–C) groups is 1. The molecule has 1 N–H and O–H groups in total. The van der Waals surface area contributed by atoms with Crippen molar-refractivity contribution < 1.29 is 18.1 Å². The first-order valence-electron chi connectivity index (χ1n) is 9.28. The molecule has 0 aromatic heterocycles. The zero-order chi connectivity index (χ0) is 24.3. The van der Waals surface area contributed by atoms with E-state index in [1.807, 2.05) is 0 Å². The number of benzene rings is 1. The van der Waals surface area contributed by atoms with Crippen molar-refractivity contribution in [3.8, 4) is 12.3 Å². The van der Waals surface area contributed by atoms with Crippen LogP contribution in [0.25, 0.3) is 0 Å². The summed E-state index contributed by atoms with van der Waals surface area (Å²) in [5.41, 5.74) is -0.376. The van der Waals surface area contributed by atoms with E-state index in [9.17, 15) is 13.4 Å². The molecule has 0 saturated carbocycles. The summed E-state index contributed by atoms with van der Waals surface area (Å²) in [6.45, 7) is 8.05. The number of carbonyl (C=O) groups excluding carboxylic acids is 1. The Morgan fingerprint density at radius 1 is 1.26 bits per heavy atom. The van der Waals surface area contributed by atoms with Crippen molar-refractivity contribution >= 4 is 45.2 Å². The highest BCUT2D eigenvalue weighted by molar-refractivity contribution is 7.95. The minimum absolute atomic E-state index is 0.0225. The van der Waals surface area contributed by atoms with Crippen LogP contribution in [-0.4, -0.2) is 62.3 Å². The monoisotopic (exact) mass is 439 g/mol. The van der Waals surface area contributed by atoms with Gasteiger partial charge >= 0.3 is 6.09 Å². The van der Waals surface area contributed by atoms with E-state index >= 15 is 0 Å². The molecule has 0 fully saturated rings. The molecule has 0 saturated heterocycles. The highest BCUT2D eigenvalue weighted by Crippen LogP contribution is 2.28. The first-order chi connectivity index (χ1) is 13.9. The number of nitrogens with zero attached hydrogens (tertiary/aromatic N) is 2. The van der Waals surface area contributed by atoms with Crippen LogP contribution < -0.4 is 5.32 Å². The van der Waals surface area contributed by atoms with Gasteiger partial charge in [-0.3, -0.25) is 14.7 Å². The van der Waals surface area contributed by atoms with Crippen molar-refractivity contribution in [2.45, 2.75) is 56.0 Å². The number of rotatable bonds is 5. The minimum Gasteiger partial charge on any atom is -0.444 e. The van der Waals surface area contributed by atoms with Gasteiger partial charge in [-0.2, -0.15) is 0 Å². The van der Waals surface area contributed by atoms with Crippen molar-refractivity contribution in [1.82, 2.24) is 5.32 Å². The maximum Gasteiger partial charge on any atom is 0.413 e. The number of alkyl carbamates (subject to hydrolysis) is 1. The Bertz CT molecular complexity index is 1030. The first kappa shape index (κ1) is 26.8. The standard InChI is InChI=1S/C20H25B3FN3O3S/c1-8-13-9-10-15(24)14(11-13)12-31(29,27-20(21,22)23)19(5,6)16(25-7)26-17(28)30-18(2,3)4/h1,9-11H,12H2,2-7H3,(H,25,26,28). The fraction of sp³-hybridized carbons (Fsp3) is 0.500. The number of hydrogen-bond donors (Lipinski definition) is 1. The topological polar surface area (TPSA) is 80.1 Å². The SMILES string of the molecule is [B]C([B])([B])N=S(=O)(Cc1cc(C#C)ccc1F)C(C)(C)C(=NC)NC(=O)OC(C)(C)C. The Labute approximate surface area is 188 Å². The van der Waals surface area contributed by atoms with Crippen molar-refractivity contribution in [2.75, 3.05) is 7.05 Å². The van der Waals surface area contributed by atoms with Crippen LogP contribution in [0.5, 0.6) is 0 Å². The Morgan fingerprint density at radius 2 is 1.84 bits per heavy atom. The van der Waals surface area contributed by atoms with E-state index < -0.39 is 43.0 Å². The molecule has 1 atom stereocenters. The molecule has 0 aliphatic carbocycles. The van der Waals surface area contributed by atoms with Gasteiger partial charge in [0.05, 0.1) is 39.0 Å². The molecule has 0 bridgehead atoms. The van der Waals surface area contributed by atoms with E-state index in [0.717, 1.165) is 6.07 Å². The molecule has 160 valence electrons.